The Morgan fingerprint density at radius 1 is 1.20 bits per heavy atom. The van der Waals surface area contributed by atoms with Crippen LogP contribution in [0.5, 0.6) is 0 Å². The number of alkyl halides is 5. The van der Waals surface area contributed by atoms with Gasteiger partial charge in [-0.15, -0.1) is 0 Å². The molecule has 0 spiro atoms. The van der Waals surface area contributed by atoms with Crippen LogP contribution in [0.3, 0.4) is 0 Å². The van der Waals surface area contributed by atoms with Crippen LogP contribution in [0.15, 0.2) is 18.2 Å². The molecule has 0 bridgehead atoms. The van der Waals surface area contributed by atoms with Crippen LogP contribution >= 0.6 is 0 Å². The van der Waals surface area contributed by atoms with E-state index in [9.17, 15) is 26.7 Å². The van der Waals surface area contributed by atoms with E-state index < -0.39 is 36.5 Å². The van der Waals surface area contributed by atoms with Crippen molar-refractivity contribution in [2.24, 2.45) is 0 Å². The highest BCUT2D eigenvalue weighted by atomic mass is 19.4. The number of likely N-dealkylation sites (tertiary alicyclic amines) is 1. The number of amides is 1. The van der Waals surface area contributed by atoms with Gasteiger partial charge in [0.1, 0.15) is 0 Å². The Bertz CT molecular complexity index is 653. The summed E-state index contributed by atoms with van der Waals surface area (Å²) in [6, 6.07) is 3.24. The maximum atomic E-state index is 13.3. The molecule has 1 aromatic carbocycles. The minimum atomic E-state index is -4.51. The fourth-order valence-corrected chi connectivity index (χ4v) is 3.52. The molecule has 2 aliphatic heterocycles. The largest absolute Gasteiger partial charge is 0.416 e. The topological polar surface area (TPSA) is 32.3 Å². The van der Waals surface area contributed by atoms with Crippen LogP contribution in [0.4, 0.5) is 22.0 Å². The van der Waals surface area contributed by atoms with Gasteiger partial charge in [0, 0.05) is 18.5 Å². The Kier molecular flexibility index (Phi) is 4.74. The van der Waals surface area contributed by atoms with Crippen molar-refractivity contribution < 1.29 is 26.7 Å². The van der Waals surface area contributed by atoms with Crippen molar-refractivity contribution in [3.8, 4) is 0 Å². The third-order valence-electron chi connectivity index (χ3n) is 4.84. The molecule has 1 amide bonds. The van der Waals surface area contributed by atoms with E-state index in [0.29, 0.717) is 25.9 Å². The second kappa shape index (κ2) is 6.55. The summed E-state index contributed by atoms with van der Waals surface area (Å²) in [5.41, 5.74) is -0.618. The lowest BCUT2D eigenvalue weighted by Crippen LogP contribution is -2.32. The highest BCUT2D eigenvalue weighted by Gasteiger charge is 2.41. The van der Waals surface area contributed by atoms with Gasteiger partial charge in [-0.3, -0.25) is 4.79 Å². The van der Waals surface area contributed by atoms with Gasteiger partial charge in [-0.2, -0.15) is 13.2 Å². The number of carbonyl (C=O) groups excluding carboxylic acids is 1. The Balaban J connectivity index is 1.92. The van der Waals surface area contributed by atoms with E-state index in [1.807, 2.05) is 0 Å². The first-order valence-electron chi connectivity index (χ1n) is 8.26. The number of rotatable bonds is 2. The lowest BCUT2D eigenvalue weighted by Gasteiger charge is -2.27. The molecule has 1 aromatic rings. The van der Waals surface area contributed by atoms with Gasteiger partial charge < -0.3 is 10.2 Å². The zero-order valence-electron chi connectivity index (χ0n) is 13.5. The Morgan fingerprint density at radius 2 is 1.88 bits per heavy atom. The van der Waals surface area contributed by atoms with Crippen molar-refractivity contribution in [1.29, 1.82) is 0 Å². The van der Waals surface area contributed by atoms with Crippen molar-refractivity contribution in [3.63, 3.8) is 0 Å². The zero-order chi connectivity index (χ0) is 18.2. The monoisotopic (exact) mass is 362 g/mol. The third kappa shape index (κ3) is 3.94. The van der Waals surface area contributed by atoms with Gasteiger partial charge in [0.05, 0.1) is 12.1 Å². The number of benzene rings is 1. The van der Waals surface area contributed by atoms with Crippen molar-refractivity contribution in [3.05, 3.63) is 34.9 Å². The highest BCUT2D eigenvalue weighted by molar-refractivity contribution is 5.94. The number of halogens is 5. The Morgan fingerprint density at radius 3 is 2.44 bits per heavy atom. The summed E-state index contributed by atoms with van der Waals surface area (Å²) >= 11 is 0. The summed E-state index contributed by atoms with van der Waals surface area (Å²) in [4.78, 5) is 13.4. The van der Waals surface area contributed by atoms with E-state index in [2.05, 4.69) is 5.32 Å². The number of piperidine rings is 1. The maximum absolute atomic E-state index is 13.3. The van der Waals surface area contributed by atoms with E-state index in [-0.39, 0.29) is 23.6 Å². The summed E-state index contributed by atoms with van der Waals surface area (Å²) in [5.74, 6) is -3.87. The van der Waals surface area contributed by atoms with Gasteiger partial charge in [0.2, 0.25) is 0 Å². The summed E-state index contributed by atoms with van der Waals surface area (Å²) in [6.07, 6.45) is -3.84. The Hall–Kier alpha value is -1.70. The number of nitrogens with zero attached hydrogens (tertiary/aromatic N) is 1. The normalized spacial score (nSPS) is 21.6. The first-order valence-corrected chi connectivity index (χ1v) is 8.26. The molecule has 3 nitrogen and oxygen atoms in total. The summed E-state index contributed by atoms with van der Waals surface area (Å²) in [6.45, 7) is 0.446. The summed E-state index contributed by atoms with van der Waals surface area (Å²) < 4.78 is 66.6. The lowest BCUT2D eigenvalue weighted by molar-refractivity contribution is -0.138. The number of hydrogen-bond donors (Lipinski definition) is 1. The van der Waals surface area contributed by atoms with Gasteiger partial charge in [-0.1, -0.05) is 0 Å². The van der Waals surface area contributed by atoms with E-state index in [4.69, 9.17) is 0 Å². The van der Waals surface area contributed by atoms with Crippen LogP contribution < -0.4 is 5.32 Å². The van der Waals surface area contributed by atoms with Gasteiger partial charge >= 0.3 is 6.18 Å². The van der Waals surface area contributed by atoms with E-state index in [1.165, 1.54) is 6.07 Å². The van der Waals surface area contributed by atoms with Crippen LogP contribution in [-0.2, 0) is 6.18 Å². The molecule has 25 heavy (non-hydrogen) atoms. The average Bonchev–Trinajstić information content (AvgIpc) is 2.93. The molecule has 0 radical (unpaired) electrons. The fraction of sp³-hybridized carbons (Fsp3) is 0.588. The quantitative estimate of drug-likeness (QED) is 0.815. The number of hydrogen-bond acceptors (Lipinski definition) is 2. The molecular weight excluding hydrogens is 343 g/mol. The van der Waals surface area contributed by atoms with Gasteiger partial charge in [-0.05, 0) is 55.6 Å². The maximum Gasteiger partial charge on any atom is 0.416 e. The zero-order valence-corrected chi connectivity index (χ0v) is 13.5. The average molecular weight is 362 g/mol. The fourth-order valence-electron chi connectivity index (χ4n) is 3.52. The highest BCUT2D eigenvalue weighted by Crippen LogP contribution is 2.39. The molecular formula is C17H19F5N2O. The SMILES string of the molecule is O=C(c1ccc(C(F)(F)F)c(C2CCNCC2)c1)N1CCC(F)(F)C1. The predicted molar refractivity (Wildman–Crippen MR) is 81.8 cm³/mol. The molecule has 3 rings (SSSR count). The third-order valence-corrected chi connectivity index (χ3v) is 4.84. The van der Waals surface area contributed by atoms with E-state index in [1.54, 1.807) is 0 Å². The number of nitrogens with one attached hydrogen (secondary N) is 1. The molecule has 2 saturated heterocycles. The van der Waals surface area contributed by atoms with Crippen molar-refractivity contribution in [2.75, 3.05) is 26.2 Å². The first kappa shape index (κ1) is 18.1. The molecule has 2 heterocycles. The molecule has 138 valence electrons. The van der Waals surface area contributed by atoms with Gasteiger partial charge in [0.25, 0.3) is 11.8 Å². The van der Waals surface area contributed by atoms with Gasteiger partial charge in [-0.25, -0.2) is 8.78 Å². The summed E-state index contributed by atoms with van der Waals surface area (Å²) in [5, 5.41) is 3.09. The lowest BCUT2D eigenvalue weighted by atomic mass is 9.85. The van der Waals surface area contributed by atoms with Crippen molar-refractivity contribution >= 4 is 5.91 Å². The molecule has 2 aliphatic rings. The molecule has 0 aromatic heterocycles. The Labute approximate surface area is 142 Å². The molecule has 0 saturated carbocycles. The molecule has 8 heteroatoms. The van der Waals surface area contributed by atoms with Crippen molar-refractivity contribution in [2.45, 2.75) is 37.3 Å². The first-order chi connectivity index (χ1) is 11.7. The minimum absolute atomic E-state index is 0.0410. The standard InChI is InChI=1S/C17H19F5N2O/c18-16(19)5-8-24(10-16)15(25)12-1-2-14(17(20,21)22)13(9-12)11-3-6-23-7-4-11/h1-2,9,11,23H,3-8,10H2. The molecule has 0 atom stereocenters. The second-order valence-corrected chi connectivity index (χ2v) is 6.66. The molecule has 0 unspecified atom stereocenters. The van der Waals surface area contributed by atoms with Crippen LogP contribution in [0.25, 0.3) is 0 Å². The van der Waals surface area contributed by atoms with Crippen LogP contribution in [0.2, 0.25) is 0 Å². The van der Waals surface area contributed by atoms with Crippen LogP contribution in [0, 0.1) is 0 Å². The molecule has 2 fully saturated rings. The molecule has 1 N–H and O–H groups in total. The predicted octanol–water partition coefficient (Wildman–Crippen LogP) is 3.65. The summed E-state index contributed by atoms with van der Waals surface area (Å²) in [7, 11) is 0. The minimum Gasteiger partial charge on any atom is -0.332 e. The van der Waals surface area contributed by atoms with Gasteiger partial charge in [0.15, 0.2) is 0 Å². The van der Waals surface area contributed by atoms with Crippen LogP contribution in [-0.4, -0.2) is 42.9 Å². The van der Waals surface area contributed by atoms with E-state index >= 15 is 0 Å². The number of carbonyl (C=O) groups is 1. The van der Waals surface area contributed by atoms with E-state index in [0.717, 1.165) is 17.0 Å². The van der Waals surface area contributed by atoms with Crippen LogP contribution in [0.1, 0.15) is 46.7 Å². The second-order valence-electron chi connectivity index (χ2n) is 6.66. The van der Waals surface area contributed by atoms with Crippen molar-refractivity contribution in [1.82, 2.24) is 10.2 Å². The smallest absolute Gasteiger partial charge is 0.332 e. The molecule has 0 aliphatic carbocycles.